The lowest BCUT2D eigenvalue weighted by Gasteiger charge is -2.41. The van der Waals surface area contributed by atoms with Crippen molar-refractivity contribution in [1.82, 2.24) is 4.90 Å². The first-order valence-electron chi connectivity index (χ1n) is 7.05. The first-order chi connectivity index (χ1) is 8.90. The Kier molecular flexibility index (Phi) is 4.33. The van der Waals surface area contributed by atoms with Gasteiger partial charge in [-0.25, -0.2) is 8.42 Å². The molecule has 0 bridgehead atoms. The molecule has 108 valence electrons. The van der Waals surface area contributed by atoms with Crippen LogP contribution < -0.4 is 0 Å². The van der Waals surface area contributed by atoms with Crippen molar-refractivity contribution in [2.45, 2.75) is 38.4 Å². The number of amides is 1. The van der Waals surface area contributed by atoms with Gasteiger partial charge in [0.2, 0.25) is 5.91 Å². The summed E-state index contributed by atoms with van der Waals surface area (Å²) in [5, 5.41) is -0.335. The Labute approximate surface area is 115 Å². The molecule has 1 atom stereocenters. The fraction of sp³-hybridized carbons (Fsp3) is 0.786. The van der Waals surface area contributed by atoms with E-state index in [9.17, 15) is 13.2 Å². The zero-order chi connectivity index (χ0) is 14.0. The van der Waals surface area contributed by atoms with Crippen LogP contribution in [0.2, 0.25) is 0 Å². The van der Waals surface area contributed by atoms with Gasteiger partial charge in [0.25, 0.3) is 0 Å². The van der Waals surface area contributed by atoms with Gasteiger partial charge in [-0.2, -0.15) is 0 Å². The summed E-state index contributed by atoms with van der Waals surface area (Å²) in [4.78, 5) is 13.9. The molecule has 19 heavy (non-hydrogen) atoms. The van der Waals surface area contributed by atoms with Crippen LogP contribution in [0.3, 0.4) is 0 Å². The number of nitrogens with zero attached hydrogens (tertiary/aromatic N) is 1. The summed E-state index contributed by atoms with van der Waals surface area (Å²) < 4.78 is 24.0. The average molecular weight is 285 g/mol. The quantitative estimate of drug-likeness (QED) is 0.738. The van der Waals surface area contributed by atoms with Crippen molar-refractivity contribution in [2.75, 3.05) is 18.8 Å². The van der Waals surface area contributed by atoms with E-state index in [1.807, 2.05) is 13.8 Å². The summed E-state index contributed by atoms with van der Waals surface area (Å²) in [5.41, 5.74) is 0. The molecule has 0 aromatic carbocycles. The largest absolute Gasteiger partial charge is 0.340 e. The van der Waals surface area contributed by atoms with Crippen molar-refractivity contribution in [2.24, 2.45) is 11.8 Å². The third kappa shape index (κ3) is 3.38. The van der Waals surface area contributed by atoms with Crippen LogP contribution >= 0.6 is 0 Å². The third-order valence-electron chi connectivity index (χ3n) is 3.85. The summed E-state index contributed by atoms with van der Waals surface area (Å²) in [6, 6.07) is 0. The highest BCUT2D eigenvalue weighted by atomic mass is 32.2. The van der Waals surface area contributed by atoms with E-state index in [-0.39, 0.29) is 28.7 Å². The van der Waals surface area contributed by atoms with Crippen LogP contribution in [0.25, 0.3) is 0 Å². The molecule has 4 nitrogen and oxygen atoms in total. The minimum absolute atomic E-state index is 0.0683. The number of hydrogen-bond acceptors (Lipinski definition) is 3. The Morgan fingerprint density at radius 3 is 2.53 bits per heavy atom. The van der Waals surface area contributed by atoms with Crippen LogP contribution in [0.1, 0.15) is 33.1 Å². The molecule has 0 radical (unpaired) electrons. The first-order valence-corrected chi connectivity index (χ1v) is 8.77. The number of allylic oxidation sites excluding steroid dienone is 2. The van der Waals surface area contributed by atoms with Gasteiger partial charge >= 0.3 is 0 Å². The molecule has 1 saturated heterocycles. The third-order valence-corrected chi connectivity index (χ3v) is 6.30. The number of sulfone groups is 1. The van der Waals surface area contributed by atoms with Crippen molar-refractivity contribution in [3.05, 3.63) is 12.2 Å². The van der Waals surface area contributed by atoms with E-state index >= 15 is 0 Å². The normalized spacial score (nSPS) is 24.6. The average Bonchev–Trinajstić information content (AvgIpc) is 2.25. The maximum Gasteiger partial charge on any atom is 0.226 e. The standard InChI is InChI=1S/C14H23NO3S/c1-11(2)10-19(17,18)13-8-15(9-13)14(16)12-6-4-3-5-7-12/h3-4,11-13H,5-10H2,1-2H3. The maximum absolute atomic E-state index is 12.2. The lowest BCUT2D eigenvalue weighted by Crippen LogP contribution is -2.58. The Balaban J connectivity index is 1.85. The van der Waals surface area contributed by atoms with Crippen LogP contribution in [0.5, 0.6) is 0 Å². The molecule has 2 rings (SSSR count). The summed E-state index contributed by atoms with van der Waals surface area (Å²) in [5.74, 6) is 0.587. The van der Waals surface area contributed by atoms with Gasteiger partial charge in [-0.3, -0.25) is 4.79 Å². The van der Waals surface area contributed by atoms with Gasteiger partial charge in [0, 0.05) is 19.0 Å². The first kappa shape index (κ1) is 14.6. The van der Waals surface area contributed by atoms with Crippen molar-refractivity contribution in [3.8, 4) is 0 Å². The fourth-order valence-electron chi connectivity index (χ4n) is 2.72. The van der Waals surface area contributed by atoms with E-state index in [4.69, 9.17) is 0 Å². The number of rotatable bonds is 4. The zero-order valence-corrected chi connectivity index (χ0v) is 12.5. The van der Waals surface area contributed by atoms with Crippen LogP contribution in [0.15, 0.2) is 12.2 Å². The molecule has 1 heterocycles. The van der Waals surface area contributed by atoms with Crippen molar-refractivity contribution < 1.29 is 13.2 Å². The second-order valence-corrected chi connectivity index (χ2v) is 8.40. The van der Waals surface area contributed by atoms with Gasteiger partial charge in [-0.1, -0.05) is 26.0 Å². The molecule has 0 N–H and O–H groups in total. The second kappa shape index (κ2) is 5.65. The lowest BCUT2D eigenvalue weighted by molar-refractivity contribution is -0.139. The molecule has 5 heteroatoms. The molecule has 1 fully saturated rings. The molecule has 2 aliphatic rings. The van der Waals surface area contributed by atoms with E-state index < -0.39 is 9.84 Å². The number of carbonyl (C=O) groups is 1. The second-order valence-electron chi connectivity index (χ2n) is 6.07. The zero-order valence-electron chi connectivity index (χ0n) is 11.7. The topological polar surface area (TPSA) is 54.5 Å². The monoisotopic (exact) mass is 285 g/mol. The Hall–Kier alpha value is -0.840. The van der Waals surface area contributed by atoms with Crippen LogP contribution in [-0.2, 0) is 14.6 Å². The van der Waals surface area contributed by atoms with Crippen molar-refractivity contribution in [1.29, 1.82) is 0 Å². The molecular weight excluding hydrogens is 262 g/mol. The van der Waals surface area contributed by atoms with Crippen molar-refractivity contribution >= 4 is 15.7 Å². The molecule has 0 saturated carbocycles. The summed E-state index contributed by atoms with van der Waals surface area (Å²) in [6.07, 6.45) is 6.82. The minimum atomic E-state index is -3.03. The molecule has 0 aromatic rings. The molecule has 0 spiro atoms. The Bertz CT molecular complexity index is 461. The van der Waals surface area contributed by atoms with Crippen LogP contribution in [0, 0.1) is 11.8 Å². The molecular formula is C14H23NO3S. The molecule has 1 unspecified atom stereocenters. The number of likely N-dealkylation sites (tertiary alicyclic amines) is 1. The lowest BCUT2D eigenvalue weighted by atomic mass is 9.92. The Morgan fingerprint density at radius 1 is 1.32 bits per heavy atom. The summed E-state index contributed by atoms with van der Waals surface area (Å²) in [6.45, 7) is 4.61. The molecule has 1 aliphatic carbocycles. The van der Waals surface area contributed by atoms with Crippen LogP contribution in [0.4, 0.5) is 0 Å². The van der Waals surface area contributed by atoms with E-state index in [2.05, 4.69) is 12.2 Å². The van der Waals surface area contributed by atoms with Gasteiger partial charge in [0.15, 0.2) is 9.84 Å². The van der Waals surface area contributed by atoms with Gasteiger partial charge < -0.3 is 4.90 Å². The van der Waals surface area contributed by atoms with Gasteiger partial charge in [-0.05, 0) is 25.2 Å². The molecule has 0 aromatic heterocycles. The molecule has 1 aliphatic heterocycles. The highest BCUT2D eigenvalue weighted by Crippen LogP contribution is 2.26. The van der Waals surface area contributed by atoms with E-state index in [0.29, 0.717) is 13.1 Å². The van der Waals surface area contributed by atoms with Crippen molar-refractivity contribution in [3.63, 3.8) is 0 Å². The summed E-state index contributed by atoms with van der Waals surface area (Å²) >= 11 is 0. The highest BCUT2D eigenvalue weighted by molar-refractivity contribution is 7.92. The van der Waals surface area contributed by atoms with E-state index in [1.165, 1.54) is 0 Å². The van der Waals surface area contributed by atoms with E-state index in [0.717, 1.165) is 19.3 Å². The van der Waals surface area contributed by atoms with Gasteiger partial charge in [-0.15, -0.1) is 0 Å². The van der Waals surface area contributed by atoms with Gasteiger partial charge in [0.1, 0.15) is 0 Å². The number of hydrogen-bond donors (Lipinski definition) is 0. The molecule has 1 amide bonds. The predicted octanol–water partition coefficient (Wildman–Crippen LogP) is 1.62. The highest BCUT2D eigenvalue weighted by Gasteiger charge is 2.41. The predicted molar refractivity (Wildman–Crippen MR) is 75.5 cm³/mol. The van der Waals surface area contributed by atoms with Gasteiger partial charge in [0.05, 0.1) is 11.0 Å². The fourth-order valence-corrected chi connectivity index (χ4v) is 4.74. The van der Waals surface area contributed by atoms with Crippen LogP contribution in [-0.4, -0.2) is 43.3 Å². The minimum Gasteiger partial charge on any atom is -0.340 e. The smallest absolute Gasteiger partial charge is 0.226 e. The summed E-state index contributed by atoms with van der Waals surface area (Å²) in [7, 11) is -3.03. The Morgan fingerprint density at radius 2 is 2.00 bits per heavy atom. The number of carbonyl (C=O) groups excluding carboxylic acids is 1. The van der Waals surface area contributed by atoms with E-state index in [1.54, 1.807) is 4.90 Å². The SMILES string of the molecule is CC(C)CS(=O)(=O)C1CN(C(=O)C2CC=CCC2)C1. The maximum atomic E-state index is 12.2.